The highest BCUT2D eigenvalue weighted by atomic mass is 32.2. The molecule has 0 aromatic heterocycles. The molecule has 0 bridgehead atoms. The van der Waals surface area contributed by atoms with Crippen molar-refractivity contribution in [1.29, 1.82) is 0 Å². The van der Waals surface area contributed by atoms with Gasteiger partial charge in [-0.15, -0.1) is 0 Å². The maximum Gasteiger partial charge on any atom is 0.328 e. The zero-order chi connectivity index (χ0) is 11.7. The van der Waals surface area contributed by atoms with Crippen LogP contribution < -0.4 is 10.6 Å². The Morgan fingerprint density at radius 1 is 1.47 bits per heavy atom. The quantitative estimate of drug-likeness (QED) is 0.446. The number of aliphatic hydroxyl groups excluding tert-OH is 1. The molecule has 0 fully saturated rings. The van der Waals surface area contributed by atoms with Crippen molar-refractivity contribution in [2.75, 3.05) is 25.2 Å². The van der Waals surface area contributed by atoms with E-state index in [9.17, 15) is 9.59 Å². The first-order chi connectivity index (χ1) is 7.11. The van der Waals surface area contributed by atoms with E-state index in [-0.39, 0.29) is 0 Å². The lowest BCUT2D eigenvalue weighted by Crippen LogP contribution is -2.48. The van der Waals surface area contributed by atoms with Crippen LogP contribution in [0.5, 0.6) is 0 Å². The summed E-state index contributed by atoms with van der Waals surface area (Å²) in [7, 11) is 0. The molecule has 15 heavy (non-hydrogen) atoms. The lowest BCUT2D eigenvalue weighted by molar-refractivity contribution is -0.140. The zero-order valence-electron chi connectivity index (χ0n) is 8.52. The Balaban J connectivity index is 3.67. The van der Waals surface area contributed by atoms with Crippen molar-refractivity contribution in [3.8, 4) is 0 Å². The Hall–Kier alpha value is -0.950. The first-order valence-electron chi connectivity index (χ1n) is 4.48. The molecule has 4 N–H and O–H groups in total. The van der Waals surface area contributed by atoms with Gasteiger partial charge in [0.15, 0.2) is 6.04 Å². The second-order valence-electron chi connectivity index (χ2n) is 2.82. The third-order valence-electron chi connectivity index (χ3n) is 1.60. The normalized spacial score (nSPS) is 11.9. The molecule has 0 aliphatic heterocycles. The molecule has 0 aromatic rings. The van der Waals surface area contributed by atoms with E-state index in [1.165, 1.54) is 0 Å². The van der Waals surface area contributed by atoms with E-state index in [4.69, 9.17) is 10.2 Å². The van der Waals surface area contributed by atoms with Gasteiger partial charge < -0.3 is 20.8 Å². The summed E-state index contributed by atoms with van der Waals surface area (Å²) in [5.74, 6) is -0.320. The van der Waals surface area contributed by atoms with Gasteiger partial charge in [0.25, 0.3) is 0 Å². The molecule has 0 aliphatic rings. The van der Waals surface area contributed by atoms with Crippen LogP contribution >= 0.6 is 11.8 Å². The summed E-state index contributed by atoms with van der Waals surface area (Å²) in [5, 5.41) is 21.8. The summed E-state index contributed by atoms with van der Waals surface area (Å²) in [6.07, 6.45) is 2.79. The molecule has 0 rings (SSSR count). The molecule has 0 radical (unpaired) electrons. The Morgan fingerprint density at radius 2 is 2.13 bits per heavy atom. The molecule has 0 unspecified atom stereocenters. The fraction of sp³-hybridized carbons (Fsp3) is 0.750. The van der Waals surface area contributed by atoms with Crippen LogP contribution in [0.3, 0.4) is 0 Å². The van der Waals surface area contributed by atoms with E-state index >= 15 is 0 Å². The third kappa shape index (κ3) is 7.03. The molecule has 88 valence electrons. The number of urea groups is 1. The maximum absolute atomic E-state index is 11.1. The number of amides is 2. The van der Waals surface area contributed by atoms with Gasteiger partial charge in [-0.1, -0.05) is 0 Å². The van der Waals surface area contributed by atoms with Crippen molar-refractivity contribution in [2.24, 2.45) is 0 Å². The van der Waals surface area contributed by atoms with Gasteiger partial charge in [-0.05, 0) is 18.4 Å². The molecule has 0 spiro atoms. The van der Waals surface area contributed by atoms with E-state index in [0.717, 1.165) is 12.2 Å². The SMILES string of the molecule is CSCCCNC(=O)N[C@@H](CO)C(=O)O. The van der Waals surface area contributed by atoms with E-state index in [1.807, 2.05) is 6.26 Å². The molecule has 2 amide bonds. The molecule has 0 heterocycles. The fourth-order valence-corrected chi connectivity index (χ4v) is 1.25. The Kier molecular flexibility index (Phi) is 7.84. The van der Waals surface area contributed by atoms with Gasteiger partial charge in [-0.25, -0.2) is 9.59 Å². The highest BCUT2D eigenvalue weighted by Gasteiger charge is 2.17. The number of thioether (sulfide) groups is 1. The number of hydrogen-bond donors (Lipinski definition) is 4. The summed E-state index contributed by atoms with van der Waals surface area (Å²) in [5.41, 5.74) is 0. The van der Waals surface area contributed by atoms with Crippen LogP contribution in [0.25, 0.3) is 0 Å². The number of hydrogen-bond acceptors (Lipinski definition) is 4. The summed E-state index contributed by atoms with van der Waals surface area (Å²) in [4.78, 5) is 21.5. The van der Waals surface area contributed by atoms with Crippen LogP contribution in [0.15, 0.2) is 0 Å². The number of carboxylic acid groups (broad SMARTS) is 1. The van der Waals surface area contributed by atoms with Crippen molar-refractivity contribution in [3.63, 3.8) is 0 Å². The number of carbonyl (C=O) groups is 2. The van der Waals surface area contributed by atoms with Gasteiger partial charge in [0.2, 0.25) is 0 Å². The van der Waals surface area contributed by atoms with Gasteiger partial charge in [-0.3, -0.25) is 0 Å². The highest BCUT2D eigenvalue weighted by molar-refractivity contribution is 7.98. The predicted octanol–water partition coefficient (Wildman–Crippen LogP) is -0.516. The number of nitrogens with one attached hydrogen (secondary N) is 2. The molecule has 1 atom stereocenters. The van der Waals surface area contributed by atoms with Crippen LogP contribution in [0.1, 0.15) is 6.42 Å². The number of carboxylic acids is 1. The fourth-order valence-electron chi connectivity index (χ4n) is 0.813. The third-order valence-corrected chi connectivity index (χ3v) is 2.29. The van der Waals surface area contributed by atoms with Crippen LogP contribution in [-0.4, -0.2) is 53.4 Å². The summed E-state index contributed by atoms with van der Waals surface area (Å²) in [6, 6.07) is -1.82. The molecular weight excluding hydrogens is 220 g/mol. The zero-order valence-corrected chi connectivity index (χ0v) is 9.34. The van der Waals surface area contributed by atoms with Crippen LogP contribution in [0, 0.1) is 0 Å². The lowest BCUT2D eigenvalue weighted by Gasteiger charge is -2.12. The molecular formula is C8H16N2O4S. The summed E-state index contributed by atoms with van der Waals surface area (Å²) < 4.78 is 0. The predicted molar refractivity (Wildman–Crippen MR) is 58.0 cm³/mol. The van der Waals surface area contributed by atoms with Gasteiger partial charge >= 0.3 is 12.0 Å². The van der Waals surface area contributed by atoms with Crippen LogP contribution in [0.4, 0.5) is 4.79 Å². The minimum Gasteiger partial charge on any atom is -0.480 e. The Morgan fingerprint density at radius 3 is 2.60 bits per heavy atom. The largest absolute Gasteiger partial charge is 0.480 e. The number of carbonyl (C=O) groups excluding carboxylic acids is 1. The van der Waals surface area contributed by atoms with Gasteiger partial charge in [0, 0.05) is 6.54 Å². The minimum atomic E-state index is -1.25. The lowest BCUT2D eigenvalue weighted by atomic mass is 10.3. The number of aliphatic carboxylic acids is 1. The maximum atomic E-state index is 11.1. The van der Waals surface area contributed by atoms with Gasteiger partial charge in [0.1, 0.15) is 0 Å². The first-order valence-corrected chi connectivity index (χ1v) is 5.88. The van der Waals surface area contributed by atoms with Crippen molar-refractivity contribution in [1.82, 2.24) is 10.6 Å². The van der Waals surface area contributed by atoms with Crippen molar-refractivity contribution in [2.45, 2.75) is 12.5 Å². The summed E-state index contributed by atoms with van der Waals surface area (Å²) in [6.45, 7) is -0.127. The van der Waals surface area contributed by atoms with E-state index in [1.54, 1.807) is 11.8 Å². The molecule has 0 saturated carbocycles. The average molecular weight is 236 g/mol. The number of aliphatic hydroxyl groups is 1. The number of rotatable bonds is 7. The topological polar surface area (TPSA) is 98.7 Å². The molecule has 6 nitrogen and oxygen atoms in total. The second kappa shape index (κ2) is 8.37. The molecule has 0 aliphatic carbocycles. The van der Waals surface area contributed by atoms with Crippen molar-refractivity contribution < 1.29 is 19.8 Å². The van der Waals surface area contributed by atoms with Gasteiger partial charge in [0.05, 0.1) is 6.61 Å². The molecule has 0 saturated heterocycles. The van der Waals surface area contributed by atoms with Crippen molar-refractivity contribution >= 4 is 23.8 Å². The standard InChI is InChI=1S/C8H16N2O4S/c1-15-4-2-3-9-8(14)10-6(5-11)7(12)13/h6,11H,2-5H2,1H3,(H,12,13)(H2,9,10,14)/t6-/m0/s1. The average Bonchev–Trinajstić information content (AvgIpc) is 2.20. The van der Waals surface area contributed by atoms with E-state index < -0.39 is 24.6 Å². The second-order valence-corrected chi connectivity index (χ2v) is 3.81. The smallest absolute Gasteiger partial charge is 0.328 e. The van der Waals surface area contributed by atoms with Crippen LogP contribution in [-0.2, 0) is 4.79 Å². The van der Waals surface area contributed by atoms with Crippen molar-refractivity contribution in [3.05, 3.63) is 0 Å². The first kappa shape index (κ1) is 14.1. The summed E-state index contributed by atoms with van der Waals surface area (Å²) >= 11 is 1.67. The molecule has 7 heteroatoms. The Bertz CT molecular complexity index is 213. The minimum absolute atomic E-state index is 0.491. The Labute approximate surface area is 92.4 Å². The van der Waals surface area contributed by atoms with E-state index in [2.05, 4.69) is 10.6 Å². The molecule has 0 aromatic carbocycles. The van der Waals surface area contributed by atoms with Gasteiger partial charge in [-0.2, -0.15) is 11.8 Å². The monoisotopic (exact) mass is 236 g/mol. The highest BCUT2D eigenvalue weighted by Crippen LogP contribution is 1.93. The van der Waals surface area contributed by atoms with E-state index in [0.29, 0.717) is 6.54 Å². The van der Waals surface area contributed by atoms with Crippen LogP contribution in [0.2, 0.25) is 0 Å².